The van der Waals surface area contributed by atoms with Crippen LogP contribution in [0.15, 0.2) is 54.6 Å². The number of hydrogen-bond acceptors (Lipinski definition) is 2. The second-order valence-electron chi connectivity index (χ2n) is 5.45. The highest BCUT2D eigenvalue weighted by Crippen LogP contribution is 2.33. The molecular weight excluding hydrogens is 389 g/mol. The Labute approximate surface area is 144 Å². The first kappa shape index (κ1) is 15.3. The Balaban J connectivity index is 1.66. The molecule has 0 aromatic heterocycles. The number of carbonyl (C=O) groups is 1. The molecule has 1 heterocycles. The van der Waals surface area contributed by atoms with Gasteiger partial charge < -0.3 is 9.64 Å². The number of hydrogen-bond donors (Lipinski definition) is 0. The molecule has 1 unspecified atom stereocenters. The Morgan fingerprint density at radius 2 is 2.00 bits per heavy atom. The van der Waals surface area contributed by atoms with Crippen LogP contribution in [0.2, 0.25) is 0 Å². The minimum absolute atomic E-state index is 0.137. The molecule has 0 bridgehead atoms. The normalized spacial score (nSPS) is 17.5. The van der Waals surface area contributed by atoms with Crippen LogP contribution in [-0.2, 0) is 11.3 Å². The SMILES string of the molecule is O=C(OCc1ccccc1)N1CCCC1c1cccc(I)c1. The molecule has 2 aromatic rings. The Morgan fingerprint density at radius 3 is 2.77 bits per heavy atom. The number of nitrogens with zero attached hydrogens (tertiary/aromatic N) is 1. The van der Waals surface area contributed by atoms with E-state index in [-0.39, 0.29) is 12.1 Å². The summed E-state index contributed by atoms with van der Waals surface area (Å²) in [6.45, 7) is 1.10. The molecular formula is C18H18INO2. The fourth-order valence-electron chi connectivity index (χ4n) is 2.85. The molecule has 0 N–H and O–H groups in total. The standard InChI is InChI=1S/C18H18INO2/c19-16-9-4-8-15(12-16)17-10-5-11-20(17)18(21)22-13-14-6-2-1-3-7-14/h1-4,6-9,12,17H,5,10-11,13H2. The predicted molar refractivity (Wildman–Crippen MR) is 94.5 cm³/mol. The van der Waals surface area contributed by atoms with E-state index in [9.17, 15) is 4.79 Å². The summed E-state index contributed by atoms with van der Waals surface area (Å²) in [5.74, 6) is 0. The van der Waals surface area contributed by atoms with Crippen LogP contribution in [0.25, 0.3) is 0 Å². The Hall–Kier alpha value is -1.56. The number of likely N-dealkylation sites (tertiary alicyclic amines) is 1. The van der Waals surface area contributed by atoms with Gasteiger partial charge in [-0.05, 0) is 58.7 Å². The van der Waals surface area contributed by atoms with Crippen LogP contribution in [0.1, 0.15) is 30.0 Å². The van der Waals surface area contributed by atoms with E-state index >= 15 is 0 Å². The van der Waals surface area contributed by atoms with Crippen LogP contribution in [0.3, 0.4) is 0 Å². The topological polar surface area (TPSA) is 29.5 Å². The largest absolute Gasteiger partial charge is 0.445 e. The first-order valence-corrected chi connectivity index (χ1v) is 8.55. The highest BCUT2D eigenvalue weighted by molar-refractivity contribution is 14.1. The number of ether oxygens (including phenoxy) is 1. The van der Waals surface area contributed by atoms with Crippen LogP contribution in [-0.4, -0.2) is 17.5 Å². The van der Waals surface area contributed by atoms with Gasteiger partial charge in [-0.1, -0.05) is 42.5 Å². The second-order valence-corrected chi connectivity index (χ2v) is 6.69. The molecule has 1 aliphatic rings. The minimum atomic E-state index is -0.217. The van der Waals surface area contributed by atoms with Gasteiger partial charge >= 0.3 is 6.09 Å². The first-order valence-electron chi connectivity index (χ1n) is 7.47. The molecule has 1 saturated heterocycles. The summed E-state index contributed by atoms with van der Waals surface area (Å²) in [5.41, 5.74) is 2.21. The highest BCUT2D eigenvalue weighted by Gasteiger charge is 2.31. The van der Waals surface area contributed by atoms with Crippen LogP contribution < -0.4 is 0 Å². The third-order valence-electron chi connectivity index (χ3n) is 3.93. The summed E-state index contributed by atoms with van der Waals surface area (Å²) >= 11 is 2.31. The summed E-state index contributed by atoms with van der Waals surface area (Å²) in [6, 6.07) is 18.3. The summed E-state index contributed by atoms with van der Waals surface area (Å²) < 4.78 is 6.67. The summed E-state index contributed by atoms with van der Waals surface area (Å²) in [5, 5.41) is 0. The maximum absolute atomic E-state index is 12.4. The van der Waals surface area contributed by atoms with Gasteiger partial charge in [-0.25, -0.2) is 4.79 Å². The third-order valence-corrected chi connectivity index (χ3v) is 4.60. The van der Waals surface area contributed by atoms with Gasteiger partial charge in [-0.3, -0.25) is 0 Å². The van der Waals surface area contributed by atoms with Gasteiger partial charge in [-0.2, -0.15) is 0 Å². The van der Waals surface area contributed by atoms with Crippen molar-refractivity contribution in [1.29, 1.82) is 0 Å². The van der Waals surface area contributed by atoms with Crippen LogP contribution in [0.5, 0.6) is 0 Å². The Kier molecular flexibility index (Phi) is 4.97. The van der Waals surface area contributed by atoms with Gasteiger partial charge in [0.15, 0.2) is 0 Å². The van der Waals surface area contributed by atoms with Gasteiger partial charge in [0.2, 0.25) is 0 Å². The zero-order chi connectivity index (χ0) is 15.4. The molecule has 0 spiro atoms. The number of benzene rings is 2. The number of carbonyl (C=O) groups excluding carboxylic acids is 1. The van der Waals surface area contributed by atoms with E-state index in [2.05, 4.69) is 40.8 Å². The lowest BCUT2D eigenvalue weighted by Gasteiger charge is -2.24. The van der Waals surface area contributed by atoms with Gasteiger partial charge in [0.1, 0.15) is 6.61 Å². The van der Waals surface area contributed by atoms with E-state index in [1.807, 2.05) is 41.3 Å². The van der Waals surface area contributed by atoms with Gasteiger partial charge in [-0.15, -0.1) is 0 Å². The average molecular weight is 407 g/mol. The number of amides is 1. The summed E-state index contributed by atoms with van der Waals surface area (Å²) in [4.78, 5) is 14.2. The molecule has 2 aromatic carbocycles. The van der Waals surface area contributed by atoms with Crippen molar-refractivity contribution in [3.8, 4) is 0 Å². The molecule has 3 rings (SSSR count). The molecule has 114 valence electrons. The van der Waals surface area contributed by atoms with Gasteiger partial charge in [0.05, 0.1) is 6.04 Å². The quantitative estimate of drug-likeness (QED) is 0.687. The summed E-state index contributed by atoms with van der Waals surface area (Å²) in [7, 11) is 0. The molecule has 0 radical (unpaired) electrons. The van der Waals surface area contributed by atoms with Crippen LogP contribution in [0.4, 0.5) is 4.79 Å². The van der Waals surface area contributed by atoms with Crippen molar-refractivity contribution in [1.82, 2.24) is 4.90 Å². The average Bonchev–Trinajstić information content (AvgIpc) is 3.03. The van der Waals surface area contributed by atoms with E-state index in [4.69, 9.17) is 4.74 Å². The number of rotatable bonds is 3. The molecule has 1 aliphatic heterocycles. The summed E-state index contributed by atoms with van der Waals surface area (Å²) in [6.07, 6.45) is 1.81. The van der Waals surface area contributed by atoms with Gasteiger partial charge in [0, 0.05) is 10.1 Å². The molecule has 0 aliphatic carbocycles. The molecule has 1 fully saturated rings. The van der Waals surface area contributed by atoms with Crippen molar-refractivity contribution in [3.63, 3.8) is 0 Å². The third kappa shape index (κ3) is 3.61. The maximum Gasteiger partial charge on any atom is 0.410 e. The predicted octanol–water partition coefficient (Wildman–Crippen LogP) is 4.76. The Morgan fingerprint density at radius 1 is 1.18 bits per heavy atom. The molecule has 1 atom stereocenters. The van der Waals surface area contributed by atoms with Crippen molar-refractivity contribution in [2.45, 2.75) is 25.5 Å². The molecule has 22 heavy (non-hydrogen) atoms. The maximum atomic E-state index is 12.4. The monoisotopic (exact) mass is 407 g/mol. The Bertz CT molecular complexity index is 645. The smallest absolute Gasteiger partial charge is 0.410 e. The van der Waals surface area contributed by atoms with E-state index in [0.717, 1.165) is 24.9 Å². The zero-order valence-corrected chi connectivity index (χ0v) is 14.4. The lowest BCUT2D eigenvalue weighted by molar-refractivity contribution is 0.0920. The van der Waals surface area contributed by atoms with Crippen molar-refractivity contribution < 1.29 is 9.53 Å². The lowest BCUT2D eigenvalue weighted by Crippen LogP contribution is -2.31. The number of halogens is 1. The van der Waals surface area contributed by atoms with Crippen LogP contribution in [0, 0.1) is 3.57 Å². The zero-order valence-electron chi connectivity index (χ0n) is 12.2. The molecule has 4 heteroatoms. The fourth-order valence-corrected chi connectivity index (χ4v) is 3.42. The highest BCUT2D eigenvalue weighted by atomic mass is 127. The molecule has 1 amide bonds. The molecule has 3 nitrogen and oxygen atoms in total. The van der Waals surface area contributed by atoms with E-state index < -0.39 is 0 Å². The van der Waals surface area contributed by atoms with Crippen molar-refractivity contribution in [2.75, 3.05) is 6.54 Å². The minimum Gasteiger partial charge on any atom is -0.445 e. The molecule has 0 saturated carbocycles. The first-order chi connectivity index (χ1) is 10.7. The second kappa shape index (κ2) is 7.13. The van der Waals surface area contributed by atoms with E-state index in [1.165, 1.54) is 9.13 Å². The van der Waals surface area contributed by atoms with E-state index in [0.29, 0.717) is 6.61 Å². The lowest BCUT2D eigenvalue weighted by atomic mass is 10.1. The van der Waals surface area contributed by atoms with Crippen molar-refractivity contribution in [2.24, 2.45) is 0 Å². The van der Waals surface area contributed by atoms with E-state index in [1.54, 1.807) is 0 Å². The fraction of sp³-hybridized carbons (Fsp3) is 0.278. The van der Waals surface area contributed by atoms with Crippen molar-refractivity contribution >= 4 is 28.7 Å². The van der Waals surface area contributed by atoms with Crippen LogP contribution >= 0.6 is 22.6 Å². The van der Waals surface area contributed by atoms with Crippen molar-refractivity contribution in [3.05, 3.63) is 69.3 Å². The van der Waals surface area contributed by atoms with Gasteiger partial charge in [0.25, 0.3) is 0 Å².